The van der Waals surface area contributed by atoms with Gasteiger partial charge >= 0.3 is 0 Å². The summed E-state index contributed by atoms with van der Waals surface area (Å²) in [6.07, 6.45) is 2.41. The van der Waals surface area contributed by atoms with Gasteiger partial charge in [-0.15, -0.1) is 0 Å². The van der Waals surface area contributed by atoms with Crippen molar-refractivity contribution < 1.29 is 9.53 Å². The average molecular weight is 415 g/mol. The molecule has 0 atom stereocenters. The molecule has 1 aromatic carbocycles. The number of benzene rings is 1. The van der Waals surface area contributed by atoms with E-state index in [-0.39, 0.29) is 5.91 Å². The van der Waals surface area contributed by atoms with Gasteiger partial charge in [-0.3, -0.25) is 4.79 Å². The van der Waals surface area contributed by atoms with E-state index in [2.05, 4.69) is 29.0 Å². The minimum Gasteiger partial charge on any atom is -0.378 e. The van der Waals surface area contributed by atoms with Gasteiger partial charge in [0.15, 0.2) is 5.16 Å². The Kier molecular flexibility index (Phi) is 7.89. The van der Waals surface area contributed by atoms with Gasteiger partial charge in [-0.05, 0) is 36.5 Å². The molecular weight excluding hydrogens is 384 g/mol. The van der Waals surface area contributed by atoms with Crippen LogP contribution in [0.15, 0.2) is 35.5 Å². The maximum Gasteiger partial charge on any atom is 0.251 e. The summed E-state index contributed by atoms with van der Waals surface area (Å²) in [7, 11) is 1.68. The predicted molar refractivity (Wildman–Crippen MR) is 117 cm³/mol. The van der Waals surface area contributed by atoms with Gasteiger partial charge < -0.3 is 15.0 Å². The lowest BCUT2D eigenvalue weighted by molar-refractivity contribution is 0.0949. The SMILES string of the molecule is COCc1cc(N2CCCC2)nc(SCc2cccc(C(=O)NCC(C)C)c2)n1. The Balaban J connectivity index is 1.68. The number of nitrogens with one attached hydrogen (secondary N) is 1. The second kappa shape index (κ2) is 10.6. The Hall–Kier alpha value is -2.12. The molecule has 29 heavy (non-hydrogen) atoms. The van der Waals surface area contributed by atoms with Crippen molar-refractivity contribution in [1.29, 1.82) is 0 Å². The molecule has 156 valence electrons. The normalized spacial score (nSPS) is 13.9. The van der Waals surface area contributed by atoms with Crippen LogP contribution in [0.3, 0.4) is 0 Å². The molecule has 2 heterocycles. The van der Waals surface area contributed by atoms with E-state index in [0.29, 0.717) is 30.4 Å². The van der Waals surface area contributed by atoms with Crippen LogP contribution in [0, 0.1) is 5.92 Å². The Morgan fingerprint density at radius 1 is 1.24 bits per heavy atom. The van der Waals surface area contributed by atoms with Crippen molar-refractivity contribution in [2.75, 3.05) is 31.6 Å². The number of anilines is 1. The number of carbonyl (C=O) groups is 1. The van der Waals surface area contributed by atoms with Gasteiger partial charge in [-0.25, -0.2) is 9.97 Å². The van der Waals surface area contributed by atoms with Crippen molar-refractivity contribution in [3.8, 4) is 0 Å². The summed E-state index contributed by atoms with van der Waals surface area (Å²) in [4.78, 5) is 24.0. The van der Waals surface area contributed by atoms with Gasteiger partial charge in [0.1, 0.15) is 5.82 Å². The molecule has 0 aliphatic carbocycles. The van der Waals surface area contributed by atoms with Crippen LogP contribution in [0.4, 0.5) is 5.82 Å². The third-order valence-electron chi connectivity index (χ3n) is 4.70. The second-order valence-electron chi connectivity index (χ2n) is 7.72. The Bertz CT molecular complexity index is 822. The van der Waals surface area contributed by atoms with E-state index < -0.39 is 0 Å². The molecule has 0 spiro atoms. The van der Waals surface area contributed by atoms with Gasteiger partial charge in [0.05, 0.1) is 12.3 Å². The van der Waals surface area contributed by atoms with E-state index in [4.69, 9.17) is 9.72 Å². The highest BCUT2D eigenvalue weighted by atomic mass is 32.2. The number of hydrogen-bond donors (Lipinski definition) is 1. The number of thioether (sulfide) groups is 1. The summed E-state index contributed by atoms with van der Waals surface area (Å²) >= 11 is 1.59. The molecule has 0 saturated carbocycles. The van der Waals surface area contributed by atoms with Crippen molar-refractivity contribution in [1.82, 2.24) is 15.3 Å². The molecule has 1 amide bonds. The lowest BCUT2D eigenvalue weighted by Gasteiger charge is -2.17. The third kappa shape index (κ3) is 6.44. The monoisotopic (exact) mass is 414 g/mol. The lowest BCUT2D eigenvalue weighted by atomic mass is 10.1. The molecule has 0 unspecified atom stereocenters. The van der Waals surface area contributed by atoms with Crippen molar-refractivity contribution in [3.05, 3.63) is 47.2 Å². The minimum atomic E-state index is -0.0276. The van der Waals surface area contributed by atoms with Crippen molar-refractivity contribution in [2.45, 2.75) is 44.2 Å². The van der Waals surface area contributed by atoms with Gasteiger partial charge in [-0.1, -0.05) is 37.7 Å². The van der Waals surface area contributed by atoms with Crippen LogP contribution < -0.4 is 10.2 Å². The Morgan fingerprint density at radius 2 is 2.03 bits per heavy atom. The van der Waals surface area contributed by atoms with Crippen molar-refractivity contribution in [2.24, 2.45) is 5.92 Å². The zero-order valence-corrected chi connectivity index (χ0v) is 18.3. The quantitative estimate of drug-likeness (QED) is 0.496. The average Bonchev–Trinajstić information content (AvgIpc) is 3.26. The molecule has 3 rings (SSSR count). The summed E-state index contributed by atoms with van der Waals surface area (Å²) in [6, 6.07) is 9.79. The molecule has 7 heteroatoms. The predicted octanol–water partition coefficient (Wildman–Crippen LogP) is 3.90. The molecule has 1 aliphatic rings. The molecule has 0 radical (unpaired) electrons. The van der Waals surface area contributed by atoms with Crippen LogP contribution in [-0.4, -0.2) is 42.6 Å². The largest absolute Gasteiger partial charge is 0.378 e. The fourth-order valence-corrected chi connectivity index (χ4v) is 4.02. The number of carbonyl (C=O) groups excluding carboxylic acids is 1. The van der Waals surface area contributed by atoms with Crippen molar-refractivity contribution >= 4 is 23.5 Å². The standard InChI is InChI=1S/C22H30N4O2S/c1-16(2)13-23-21(27)18-8-6-7-17(11-18)15-29-22-24-19(14-28-3)12-20(25-22)26-9-4-5-10-26/h6-8,11-12,16H,4-5,9-10,13-15H2,1-3H3,(H,23,27). The fourth-order valence-electron chi connectivity index (χ4n) is 3.20. The Morgan fingerprint density at radius 3 is 2.76 bits per heavy atom. The molecule has 1 fully saturated rings. The number of rotatable bonds is 9. The molecule has 6 nitrogen and oxygen atoms in total. The molecule has 2 aromatic rings. The van der Waals surface area contributed by atoms with Crippen LogP contribution in [0.2, 0.25) is 0 Å². The van der Waals surface area contributed by atoms with E-state index >= 15 is 0 Å². The first kappa shape index (κ1) is 21.6. The summed E-state index contributed by atoms with van der Waals surface area (Å²) in [6.45, 7) is 7.41. The van der Waals surface area contributed by atoms with E-state index in [1.54, 1.807) is 18.9 Å². The minimum absolute atomic E-state index is 0.0276. The van der Waals surface area contributed by atoms with Gasteiger partial charge in [0.25, 0.3) is 5.91 Å². The van der Waals surface area contributed by atoms with Gasteiger partial charge in [0, 0.05) is 44.1 Å². The van der Waals surface area contributed by atoms with E-state index in [1.807, 2.05) is 30.3 Å². The van der Waals surface area contributed by atoms with Gasteiger partial charge in [-0.2, -0.15) is 0 Å². The van der Waals surface area contributed by atoms with Crippen LogP contribution in [0.5, 0.6) is 0 Å². The van der Waals surface area contributed by atoms with E-state index in [0.717, 1.165) is 35.3 Å². The molecule has 1 N–H and O–H groups in total. The van der Waals surface area contributed by atoms with Crippen LogP contribution >= 0.6 is 11.8 Å². The number of nitrogens with zero attached hydrogens (tertiary/aromatic N) is 3. The van der Waals surface area contributed by atoms with Gasteiger partial charge in [0.2, 0.25) is 0 Å². The topological polar surface area (TPSA) is 67.3 Å². The van der Waals surface area contributed by atoms with Crippen LogP contribution in [-0.2, 0) is 17.1 Å². The highest BCUT2D eigenvalue weighted by Crippen LogP contribution is 2.25. The lowest BCUT2D eigenvalue weighted by Crippen LogP contribution is -2.27. The smallest absolute Gasteiger partial charge is 0.251 e. The number of aromatic nitrogens is 2. The van der Waals surface area contributed by atoms with Crippen LogP contribution in [0.1, 0.15) is 48.3 Å². The molecule has 1 saturated heterocycles. The fraction of sp³-hybridized carbons (Fsp3) is 0.500. The number of amides is 1. The molecular formula is C22H30N4O2S. The maximum absolute atomic E-state index is 12.3. The number of ether oxygens (including phenoxy) is 1. The molecule has 0 bridgehead atoms. The first-order valence-corrected chi connectivity index (χ1v) is 11.2. The zero-order chi connectivity index (χ0) is 20.6. The first-order valence-electron chi connectivity index (χ1n) is 10.2. The third-order valence-corrected chi connectivity index (χ3v) is 5.61. The second-order valence-corrected chi connectivity index (χ2v) is 8.66. The van der Waals surface area contributed by atoms with Crippen molar-refractivity contribution in [3.63, 3.8) is 0 Å². The van der Waals surface area contributed by atoms with E-state index in [1.165, 1.54) is 12.8 Å². The summed E-state index contributed by atoms with van der Waals surface area (Å²) in [5.41, 5.74) is 2.67. The first-order chi connectivity index (χ1) is 14.0. The summed E-state index contributed by atoms with van der Waals surface area (Å²) in [5.74, 6) is 2.09. The highest BCUT2D eigenvalue weighted by molar-refractivity contribution is 7.98. The Labute approximate surface area is 177 Å². The van der Waals surface area contributed by atoms with E-state index in [9.17, 15) is 4.79 Å². The summed E-state index contributed by atoms with van der Waals surface area (Å²) < 4.78 is 5.28. The van der Waals surface area contributed by atoms with Crippen LogP contribution in [0.25, 0.3) is 0 Å². The maximum atomic E-state index is 12.3. The highest BCUT2D eigenvalue weighted by Gasteiger charge is 2.16. The number of hydrogen-bond acceptors (Lipinski definition) is 6. The number of methoxy groups -OCH3 is 1. The summed E-state index contributed by atoms with van der Waals surface area (Å²) in [5, 5.41) is 3.72. The zero-order valence-electron chi connectivity index (χ0n) is 17.5. The molecule has 1 aromatic heterocycles. The molecule has 1 aliphatic heterocycles.